The highest BCUT2D eigenvalue weighted by Gasteiger charge is 2.30. The minimum absolute atomic E-state index is 0.0363. The fraction of sp³-hybridized carbons (Fsp3) is 0.300. The minimum Gasteiger partial charge on any atom is -0.497 e. The second kappa shape index (κ2) is 8.25. The molecule has 0 unspecified atom stereocenters. The average molecular weight is 449 g/mol. The van der Waals surface area contributed by atoms with Crippen LogP contribution in [0.2, 0.25) is 5.02 Å². The summed E-state index contributed by atoms with van der Waals surface area (Å²) < 4.78 is 35.5. The van der Waals surface area contributed by atoms with Crippen LogP contribution in [0, 0.1) is 0 Å². The van der Waals surface area contributed by atoms with Crippen LogP contribution in [0.4, 0.5) is 0 Å². The lowest BCUT2D eigenvalue weighted by atomic mass is 10.2. The van der Waals surface area contributed by atoms with Gasteiger partial charge >= 0.3 is 5.69 Å². The zero-order valence-corrected chi connectivity index (χ0v) is 17.9. The van der Waals surface area contributed by atoms with Crippen molar-refractivity contribution in [2.75, 3.05) is 13.7 Å². The predicted molar refractivity (Wildman–Crippen MR) is 113 cm³/mol. The summed E-state index contributed by atoms with van der Waals surface area (Å²) in [5.74, 6) is 1.29. The lowest BCUT2D eigenvalue weighted by Crippen LogP contribution is -2.32. The number of halogens is 1. The topological polar surface area (TPSA) is 95.2 Å². The van der Waals surface area contributed by atoms with E-state index in [1.54, 1.807) is 11.7 Å². The molecule has 10 heteroatoms. The van der Waals surface area contributed by atoms with Crippen molar-refractivity contribution in [1.82, 2.24) is 19.1 Å². The number of benzene rings is 2. The summed E-state index contributed by atoms with van der Waals surface area (Å²) in [4.78, 5) is 13.0. The lowest BCUT2D eigenvalue weighted by molar-refractivity contribution is 0.415. The van der Waals surface area contributed by atoms with Gasteiger partial charge in [0.25, 0.3) is 0 Å². The first kappa shape index (κ1) is 20.6. The molecule has 1 aliphatic rings. The Bertz CT molecular complexity index is 1200. The highest BCUT2D eigenvalue weighted by Crippen LogP contribution is 2.36. The third kappa shape index (κ3) is 4.28. The van der Waals surface area contributed by atoms with E-state index in [9.17, 15) is 13.2 Å². The second-order valence-corrected chi connectivity index (χ2v) is 9.21. The van der Waals surface area contributed by atoms with Gasteiger partial charge in [-0.2, -0.15) is 0 Å². The molecule has 0 aliphatic heterocycles. The monoisotopic (exact) mass is 448 g/mol. The number of hydrogen-bond donors (Lipinski definition) is 1. The fourth-order valence-electron chi connectivity index (χ4n) is 3.15. The Kier molecular flexibility index (Phi) is 5.68. The molecule has 30 heavy (non-hydrogen) atoms. The van der Waals surface area contributed by atoms with E-state index in [2.05, 4.69) is 9.82 Å². The van der Waals surface area contributed by atoms with Crippen molar-refractivity contribution in [3.05, 3.63) is 64.0 Å². The first-order chi connectivity index (χ1) is 14.4. The van der Waals surface area contributed by atoms with Gasteiger partial charge < -0.3 is 4.74 Å². The first-order valence-electron chi connectivity index (χ1n) is 9.48. The maximum absolute atomic E-state index is 12.9. The van der Waals surface area contributed by atoms with E-state index < -0.39 is 10.0 Å². The normalized spacial score (nSPS) is 14.1. The summed E-state index contributed by atoms with van der Waals surface area (Å²) in [5, 5.41) is 4.93. The molecular weight excluding hydrogens is 428 g/mol. The van der Waals surface area contributed by atoms with Crippen LogP contribution < -0.4 is 15.1 Å². The van der Waals surface area contributed by atoms with Gasteiger partial charge in [0.1, 0.15) is 5.75 Å². The molecule has 1 heterocycles. The number of hydrogen-bond acceptors (Lipinski definition) is 5. The zero-order valence-electron chi connectivity index (χ0n) is 16.3. The molecule has 0 amide bonds. The van der Waals surface area contributed by atoms with E-state index in [0.29, 0.717) is 10.8 Å². The maximum Gasteiger partial charge on any atom is 0.346 e. The van der Waals surface area contributed by atoms with Gasteiger partial charge in [-0.15, -0.1) is 5.10 Å². The van der Waals surface area contributed by atoms with Crippen molar-refractivity contribution in [3.8, 4) is 17.1 Å². The van der Waals surface area contributed by atoms with Crippen LogP contribution in [-0.2, 0) is 16.6 Å². The Morgan fingerprint density at radius 2 is 1.80 bits per heavy atom. The molecule has 1 aliphatic carbocycles. The van der Waals surface area contributed by atoms with Gasteiger partial charge in [0.05, 0.1) is 18.6 Å². The van der Waals surface area contributed by atoms with Crippen molar-refractivity contribution in [2.24, 2.45) is 0 Å². The molecule has 0 bridgehead atoms. The molecule has 3 aromatic rings. The molecule has 158 valence electrons. The van der Waals surface area contributed by atoms with Gasteiger partial charge in [-0.25, -0.2) is 22.6 Å². The average Bonchev–Trinajstić information content (AvgIpc) is 3.52. The molecule has 2 aromatic carbocycles. The van der Waals surface area contributed by atoms with E-state index in [-0.39, 0.29) is 29.7 Å². The molecule has 1 aromatic heterocycles. The van der Waals surface area contributed by atoms with Gasteiger partial charge in [-0.1, -0.05) is 11.6 Å². The summed E-state index contributed by atoms with van der Waals surface area (Å²) in [6, 6.07) is 13.4. The summed E-state index contributed by atoms with van der Waals surface area (Å²) >= 11 is 5.81. The summed E-state index contributed by atoms with van der Waals surface area (Å²) in [6.45, 7) is 0.156. The Labute approximate surface area is 179 Å². The second-order valence-electron chi connectivity index (χ2n) is 7.01. The van der Waals surface area contributed by atoms with Crippen LogP contribution in [0.3, 0.4) is 0 Å². The number of methoxy groups -OCH3 is 1. The smallest absolute Gasteiger partial charge is 0.346 e. The Balaban J connectivity index is 1.53. The third-order valence-corrected chi connectivity index (χ3v) is 6.60. The lowest BCUT2D eigenvalue weighted by Gasteiger charge is -2.06. The van der Waals surface area contributed by atoms with Crippen LogP contribution in [0.15, 0.2) is 58.2 Å². The summed E-state index contributed by atoms with van der Waals surface area (Å²) in [6.07, 6.45) is 1.86. The number of sulfonamides is 1. The fourth-order valence-corrected chi connectivity index (χ4v) is 4.29. The highest BCUT2D eigenvalue weighted by atomic mass is 35.5. The molecule has 4 rings (SSSR count). The summed E-state index contributed by atoms with van der Waals surface area (Å²) in [5.41, 5.74) is 0.564. The molecule has 8 nitrogen and oxygen atoms in total. The molecule has 1 saturated carbocycles. The minimum atomic E-state index is -3.70. The number of nitrogens with zero attached hydrogens (tertiary/aromatic N) is 3. The van der Waals surface area contributed by atoms with E-state index in [1.165, 1.54) is 28.9 Å². The largest absolute Gasteiger partial charge is 0.497 e. The summed E-state index contributed by atoms with van der Waals surface area (Å²) in [7, 11) is -2.11. The zero-order chi connectivity index (χ0) is 21.3. The molecular formula is C20H21ClN4O4S. The molecule has 0 atom stereocenters. The van der Waals surface area contributed by atoms with Gasteiger partial charge in [0, 0.05) is 23.2 Å². The van der Waals surface area contributed by atoms with Gasteiger partial charge in [0.2, 0.25) is 10.0 Å². The van der Waals surface area contributed by atoms with Crippen LogP contribution >= 0.6 is 11.6 Å². The van der Waals surface area contributed by atoms with Crippen LogP contribution in [-0.4, -0.2) is 36.4 Å². The van der Waals surface area contributed by atoms with Crippen molar-refractivity contribution in [3.63, 3.8) is 0 Å². The number of aromatic nitrogens is 3. The van der Waals surface area contributed by atoms with Crippen molar-refractivity contribution >= 4 is 21.6 Å². The Morgan fingerprint density at radius 3 is 2.40 bits per heavy atom. The van der Waals surface area contributed by atoms with Crippen LogP contribution in [0.1, 0.15) is 18.9 Å². The number of nitrogens with one attached hydrogen (secondary N) is 1. The number of rotatable bonds is 8. The standard InChI is InChI=1S/C20H21ClN4O4S/c1-29-17-8-2-14(3-9-17)19-23-24(20(26)25(19)16-6-7-16)13-12-22-30(27,28)18-10-4-15(21)5-11-18/h2-5,8-11,16,22H,6-7,12-13H2,1H3. The van der Waals surface area contributed by atoms with Gasteiger partial charge in [-0.05, 0) is 61.4 Å². The molecule has 0 radical (unpaired) electrons. The van der Waals surface area contributed by atoms with Crippen molar-refractivity contribution in [1.29, 1.82) is 0 Å². The van der Waals surface area contributed by atoms with Crippen LogP contribution in [0.25, 0.3) is 11.4 Å². The van der Waals surface area contributed by atoms with E-state index in [0.717, 1.165) is 24.2 Å². The number of ether oxygens (including phenoxy) is 1. The van der Waals surface area contributed by atoms with Crippen LogP contribution in [0.5, 0.6) is 5.75 Å². The third-order valence-electron chi connectivity index (χ3n) is 4.87. The van der Waals surface area contributed by atoms with Crippen molar-refractivity contribution in [2.45, 2.75) is 30.3 Å². The Hall–Kier alpha value is -2.62. The molecule has 0 spiro atoms. The Morgan fingerprint density at radius 1 is 1.13 bits per heavy atom. The van der Waals surface area contributed by atoms with E-state index >= 15 is 0 Å². The molecule has 1 fully saturated rings. The molecule has 0 saturated heterocycles. The van der Waals surface area contributed by atoms with Gasteiger partial charge in [-0.3, -0.25) is 4.57 Å². The first-order valence-corrected chi connectivity index (χ1v) is 11.3. The predicted octanol–water partition coefficient (Wildman–Crippen LogP) is 2.69. The quantitative estimate of drug-likeness (QED) is 0.571. The van der Waals surface area contributed by atoms with E-state index in [4.69, 9.17) is 16.3 Å². The van der Waals surface area contributed by atoms with Crippen molar-refractivity contribution < 1.29 is 13.2 Å². The SMILES string of the molecule is COc1ccc(-c2nn(CCNS(=O)(=O)c3ccc(Cl)cc3)c(=O)n2C2CC2)cc1. The highest BCUT2D eigenvalue weighted by molar-refractivity contribution is 7.89. The van der Waals surface area contributed by atoms with E-state index in [1.807, 2.05) is 24.3 Å². The maximum atomic E-state index is 12.9. The van der Waals surface area contributed by atoms with Gasteiger partial charge in [0.15, 0.2) is 5.82 Å². The molecule has 1 N–H and O–H groups in total.